The monoisotopic (exact) mass is 266 g/mol. The van der Waals surface area contributed by atoms with Crippen molar-refractivity contribution in [2.45, 2.75) is 38.1 Å². The van der Waals surface area contributed by atoms with Crippen molar-refractivity contribution in [3.05, 3.63) is 65.5 Å². The highest BCUT2D eigenvalue weighted by Crippen LogP contribution is 2.38. The second-order valence-corrected chi connectivity index (χ2v) is 5.78. The number of nitrogens with zero attached hydrogens (tertiary/aromatic N) is 1. The van der Waals surface area contributed by atoms with Gasteiger partial charge in [-0.3, -0.25) is 4.98 Å². The molecule has 2 heteroatoms. The van der Waals surface area contributed by atoms with Crippen LogP contribution >= 0.6 is 0 Å². The molecule has 0 unspecified atom stereocenters. The molecule has 1 saturated carbocycles. The Balaban J connectivity index is 1.42. The zero-order valence-electron chi connectivity index (χ0n) is 12.0. The van der Waals surface area contributed by atoms with E-state index in [1.165, 1.54) is 24.0 Å². The second kappa shape index (κ2) is 6.19. The molecule has 0 bridgehead atoms. The van der Waals surface area contributed by atoms with Crippen LogP contribution in [0.2, 0.25) is 0 Å². The van der Waals surface area contributed by atoms with Crippen LogP contribution in [-0.4, -0.2) is 17.6 Å². The first kappa shape index (κ1) is 13.3. The molecule has 0 radical (unpaired) electrons. The molecular formula is C18H22N2. The van der Waals surface area contributed by atoms with Crippen molar-refractivity contribution in [2.75, 3.05) is 6.54 Å². The molecule has 0 saturated heterocycles. The first-order chi connectivity index (χ1) is 9.83. The number of hydrogen-bond acceptors (Lipinski definition) is 2. The molecule has 1 aliphatic carbocycles. The van der Waals surface area contributed by atoms with Gasteiger partial charge in [0.2, 0.25) is 0 Å². The van der Waals surface area contributed by atoms with Crippen molar-refractivity contribution < 1.29 is 0 Å². The normalized spacial score (nSPS) is 21.4. The molecule has 1 aromatic heterocycles. The van der Waals surface area contributed by atoms with Crippen LogP contribution in [0.5, 0.6) is 0 Å². The van der Waals surface area contributed by atoms with Crippen LogP contribution in [-0.2, 0) is 6.42 Å². The Morgan fingerprint density at radius 2 is 1.85 bits per heavy atom. The Morgan fingerprint density at radius 1 is 1.10 bits per heavy atom. The first-order valence-corrected chi connectivity index (χ1v) is 7.51. The third kappa shape index (κ3) is 3.07. The van der Waals surface area contributed by atoms with Gasteiger partial charge in [-0.05, 0) is 67.5 Å². The molecule has 1 aromatic carbocycles. The SMILES string of the molecule is Cc1ccccc1C1CC(NCCc2ccncc2)C1. The lowest BCUT2D eigenvalue weighted by Crippen LogP contribution is -2.41. The molecule has 20 heavy (non-hydrogen) atoms. The molecule has 0 atom stereocenters. The number of rotatable bonds is 5. The Labute approximate surface area is 121 Å². The average Bonchev–Trinajstić information content (AvgIpc) is 2.44. The molecule has 2 nitrogen and oxygen atoms in total. The molecule has 0 amide bonds. The molecule has 0 aliphatic heterocycles. The maximum absolute atomic E-state index is 4.05. The second-order valence-electron chi connectivity index (χ2n) is 5.78. The molecule has 1 N–H and O–H groups in total. The molecular weight excluding hydrogens is 244 g/mol. The molecule has 2 aromatic rings. The third-order valence-corrected chi connectivity index (χ3v) is 4.36. The summed E-state index contributed by atoms with van der Waals surface area (Å²) in [6, 6.07) is 13.7. The summed E-state index contributed by atoms with van der Waals surface area (Å²) in [7, 11) is 0. The molecule has 104 valence electrons. The summed E-state index contributed by atoms with van der Waals surface area (Å²) < 4.78 is 0. The van der Waals surface area contributed by atoms with Crippen molar-refractivity contribution in [1.29, 1.82) is 0 Å². The standard InChI is InChI=1S/C18H22N2/c1-14-4-2-3-5-18(14)16-12-17(13-16)20-11-8-15-6-9-19-10-7-15/h2-7,9-10,16-17,20H,8,11-13H2,1H3. The van der Waals surface area contributed by atoms with Crippen molar-refractivity contribution >= 4 is 0 Å². The van der Waals surface area contributed by atoms with Gasteiger partial charge >= 0.3 is 0 Å². The molecule has 1 aliphatic rings. The summed E-state index contributed by atoms with van der Waals surface area (Å²) in [4.78, 5) is 4.05. The zero-order valence-corrected chi connectivity index (χ0v) is 12.0. The van der Waals surface area contributed by atoms with E-state index in [1.54, 1.807) is 5.56 Å². The van der Waals surface area contributed by atoms with Crippen molar-refractivity contribution in [1.82, 2.24) is 10.3 Å². The van der Waals surface area contributed by atoms with Crippen molar-refractivity contribution in [3.8, 4) is 0 Å². The Bertz CT molecular complexity index is 544. The summed E-state index contributed by atoms with van der Waals surface area (Å²) in [6.45, 7) is 3.29. The van der Waals surface area contributed by atoms with E-state index in [-0.39, 0.29) is 0 Å². The lowest BCUT2D eigenvalue weighted by atomic mass is 9.74. The Kier molecular flexibility index (Phi) is 4.12. The minimum absolute atomic E-state index is 0.696. The van der Waals surface area contributed by atoms with E-state index in [4.69, 9.17) is 0 Å². The molecule has 3 rings (SSSR count). The topological polar surface area (TPSA) is 24.9 Å². The van der Waals surface area contributed by atoms with E-state index >= 15 is 0 Å². The fourth-order valence-electron chi connectivity index (χ4n) is 3.05. The van der Waals surface area contributed by atoms with Gasteiger partial charge in [0.15, 0.2) is 0 Å². The number of benzene rings is 1. The summed E-state index contributed by atoms with van der Waals surface area (Å²) in [5, 5.41) is 3.67. The summed E-state index contributed by atoms with van der Waals surface area (Å²) in [5.41, 5.74) is 4.34. The number of aromatic nitrogens is 1. The summed E-state index contributed by atoms with van der Waals surface area (Å²) in [6.07, 6.45) is 7.39. The highest BCUT2D eigenvalue weighted by Gasteiger charge is 2.30. The van der Waals surface area contributed by atoms with E-state index in [0.717, 1.165) is 18.9 Å². The number of hydrogen-bond donors (Lipinski definition) is 1. The van der Waals surface area contributed by atoms with Gasteiger partial charge in [0, 0.05) is 18.4 Å². The minimum atomic E-state index is 0.696. The highest BCUT2D eigenvalue weighted by atomic mass is 14.9. The van der Waals surface area contributed by atoms with Crippen LogP contribution < -0.4 is 5.32 Å². The Morgan fingerprint density at radius 3 is 2.60 bits per heavy atom. The smallest absolute Gasteiger partial charge is 0.0270 e. The number of aryl methyl sites for hydroxylation is 1. The van der Waals surface area contributed by atoms with E-state index in [0.29, 0.717) is 6.04 Å². The van der Waals surface area contributed by atoms with Crippen molar-refractivity contribution in [3.63, 3.8) is 0 Å². The van der Waals surface area contributed by atoms with Crippen LogP contribution in [0.15, 0.2) is 48.8 Å². The largest absolute Gasteiger partial charge is 0.314 e. The quantitative estimate of drug-likeness (QED) is 0.896. The maximum Gasteiger partial charge on any atom is 0.0270 e. The lowest BCUT2D eigenvalue weighted by Gasteiger charge is -2.37. The first-order valence-electron chi connectivity index (χ1n) is 7.51. The lowest BCUT2D eigenvalue weighted by molar-refractivity contribution is 0.292. The fourth-order valence-corrected chi connectivity index (χ4v) is 3.05. The van der Waals surface area contributed by atoms with Crippen LogP contribution in [0.4, 0.5) is 0 Å². The van der Waals surface area contributed by atoms with Gasteiger partial charge in [0.25, 0.3) is 0 Å². The van der Waals surface area contributed by atoms with Gasteiger partial charge < -0.3 is 5.32 Å². The third-order valence-electron chi connectivity index (χ3n) is 4.36. The van der Waals surface area contributed by atoms with Crippen LogP contribution in [0.1, 0.15) is 35.4 Å². The van der Waals surface area contributed by atoms with Gasteiger partial charge in [-0.2, -0.15) is 0 Å². The van der Waals surface area contributed by atoms with Crippen LogP contribution in [0.3, 0.4) is 0 Å². The molecule has 1 heterocycles. The van der Waals surface area contributed by atoms with Crippen LogP contribution in [0, 0.1) is 6.92 Å². The summed E-state index contributed by atoms with van der Waals surface area (Å²) >= 11 is 0. The van der Waals surface area contributed by atoms with Gasteiger partial charge in [0.05, 0.1) is 0 Å². The molecule has 0 spiro atoms. The van der Waals surface area contributed by atoms with Gasteiger partial charge in [-0.15, -0.1) is 0 Å². The van der Waals surface area contributed by atoms with Crippen LogP contribution in [0.25, 0.3) is 0 Å². The van der Waals surface area contributed by atoms with E-state index in [2.05, 4.69) is 53.6 Å². The predicted molar refractivity (Wildman–Crippen MR) is 82.9 cm³/mol. The average molecular weight is 266 g/mol. The van der Waals surface area contributed by atoms with E-state index in [9.17, 15) is 0 Å². The molecule has 1 fully saturated rings. The predicted octanol–water partition coefficient (Wildman–Crippen LogP) is 3.47. The van der Waals surface area contributed by atoms with Crippen molar-refractivity contribution in [2.24, 2.45) is 0 Å². The highest BCUT2D eigenvalue weighted by molar-refractivity contribution is 5.31. The Hall–Kier alpha value is -1.67. The van der Waals surface area contributed by atoms with E-state index in [1.807, 2.05) is 12.4 Å². The number of pyridine rings is 1. The minimum Gasteiger partial charge on any atom is -0.314 e. The zero-order chi connectivity index (χ0) is 13.8. The number of nitrogens with one attached hydrogen (secondary N) is 1. The van der Waals surface area contributed by atoms with Gasteiger partial charge in [-0.25, -0.2) is 0 Å². The van der Waals surface area contributed by atoms with Gasteiger partial charge in [0.1, 0.15) is 0 Å². The summed E-state index contributed by atoms with van der Waals surface area (Å²) in [5.74, 6) is 0.759. The van der Waals surface area contributed by atoms with Gasteiger partial charge in [-0.1, -0.05) is 24.3 Å². The fraction of sp³-hybridized carbons (Fsp3) is 0.389. The maximum atomic E-state index is 4.05. The van der Waals surface area contributed by atoms with E-state index < -0.39 is 0 Å².